The molecular weight excluding hydrogens is 532 g/mol. The van der Waals surface area contributed by atoms with E-state index in [0.717, 1.165) is 44.1 Å². The molecule has 1 aliphatic heterocycles. The largest absolute Gasteiger partial charge is 0.439 e. The normalized spacial score (nSPS) is 21.9. The predicted octanol–water partition coefficient (Wildman–Crippen LogP) is 5.12. The number of ether oxygens (including phenoxy) is 1. The minimum absolute atomic E-state index is 0.0257. The van der Waals surface area contributed by atoms with Crippen molar-refractivity contribution < 1.29 is 14.4 Å². The molecule has 1 atom stereocenters. The lowest BCUT2D eigenvalue weighted by molar-refractivity contribution is -0.0654. The van der Waals surface area contributed by atoms with Crippen LogP contribution in [0, 0.1) is 17.8 Å². The van der Waals surface area contributed by atoms with Crippen LogP contribution in [-0.2, 0) is 16.9 Å². The number of hydrogen-bond donors (Lipinski definition) is 2. The Balaban J connectivity index is 1.56. The molecule has 10 nitrogen and oxygen atoms in total. The Morgan fingerprint density at radius 3 is 2.62 bits per heavy atom. The van der Waals surface area contributed by atoms with Crippen LogP contribution in [0.15, 0.2) is 46.2 Å². The van der Waals surface area contributed by atoms with E-state index in [4.69, 9.17) is 35.8 Å². The number of benzene rings is 1. The average Bonchev–Trinajstić information content (AvgIpc) is 3.57. The summed E-state index contributed by atoms with van der Waals surface area (Å²) in [5.74, 6) is 1.04. The maximum absolute atomic E-state index is 12.1. The fraction of sp³-hybridized carbons (Fsp3) is 0.483. The molecule has 6 rings (SSSR count). The highest BCUT2D eigenvalue weighted by Gasteiger charge is 2.40. The molecule has 0 bridgehead atoms. The molecule has 0 radical (unpaired) electrons. The van der Waals surface area contributed by atoms with E-state index < -0.39 is 11.4 Å². The van der Waals surface area contributed by atoms with Gasteiger partial charge in [0.25, 0.3) is 0 Å². The van der Waals surface area contributed by atoms with Crippen LogP contribution in [0.5, 0.6) is 0 Å². The highest BCUT2D eigenvalue weighted by atomic mass is 35.5. The van der Waals surface area contributed by atoms with Crippen molar-refractivity contribution in [1.29, 1.82) is 0 Å². The van der Waals surface area contributed by atoms with Crippen molar-refractivity contribution in [3.05, 3.63) is 58.3 Å². The zero-order valence-electron chi connectivity index (χ0n) is 22.5. The van der Waals surface area contributed by atoms with E-state index >= 15 is 0 Å². The number of allylic oxidation sites excluding steroid dienone is 1. The second-order valence-electron chi connectivity index (χ2n) is 11.1. The summed E-state index contributed by atoms with van der Waals surface area (Å²) >= 11 is 6.41. The molecule has 3 aromatic heterocycles. The molecule has 2 fully saturated rings. The maximum atomic E-state index is 12.1. The Morgan fingerprint density at radius 2 is 1.95 bits per heavy atom. The van der Waals surface area contributed by atoms with Gasteiger partial charge < -0.3 is 14.4 Å². The van der Waals surface area contributed by atoms with E-state index in [1.54, 1.807) is 6.07 Å². The second-order valence-corrected chi connectivity index (χ2v) is 11.6. The molecule has 4 aromatic rings. The van der Waals surface area contributed by atoms with Gasteiger partial charge in [0, 0.05) is 30.3 Å². The van der Waals surface area contributed by atoms with Crippen molar-refractivity contribution in [2.24, 2.45) is 17.8 Å². The minimum Gasteiger partial charge on any atom is -0.382 e. The molecule has 1 saturated heterocycles. The van der Waals surface area contributed by atoms with Crippen LogP contribution in [0.4, 0.5) is 0 Å². The van der Waals surface area contributed by atoms with Gasteiger partial charge in [0.15, 0.2) is 5.65 Å². The summed E-state index contributed by atoms with van der Waals surface area (Å²) in [4.78, 5) is 28.8. The van der Waals surface area contributed by atoms with Crippen molar-refractivity contribution in [1.82, 2.24) is 29.7 Å². The number of aromatic nitrogens is 6. The molecule has 0 spiro atoms. The number of imidazole rings is 1. The summed E-state index contributed by atoms with van der Waals surface area (Å²) in [6.45, 7) is 7.71. The third kappa shape index (κ3) is 5.11. The van der Waals surface area contributed by atoms with Crippen LogP contribution in [-0.4, -0.2) is 48.0 Å². The predicted molar refractivity (Wildman–Crippen MR) is 151 cm³/mol. The molecule has 0 amide bonds. The van der Waals surface area contributed by atoms with Gasteiger partial charge in [-0.1, -0.05) is 35.0 Å². The number of aromatic amines is 1. The fourth-order valence-electron chi connectivity index (χ4n) is 6.18. The standard InChI is InChI=1S/C29H33ClN6O4/c1-3-17-7-9-18(10-8-17)16-36-23-22(19-5-4-6-21(30)15-19)31-25(26-34-28(37)40-35-26)32-24(23)33-27(36)29(2,38)20-11-13-39-14-12-20/h3-6,15,17-18,20,38H,1,7-14,16H2,2H3,(H,34,35,37). The van der Waals surface area contributed by atoms with E-state index in [-0.39, 0.29) is 17.6 Å². The third-order valence-corrected chi connectivity index (χ3v) is 8.72. The maximum Gasteiger partial charge on any atom is 0.439 e. The van der Waals surface area contributed by atoms with Gasteiger partial charge in [-0.3, -0.25) is 9.51 Å². The van der Waals surface area contributed by atoms with Crippen molar-refractivity contribution >= 4 is 22.8 Å². The van der Waals surface area contributed by atoms with Crippen LogP contribution >= 0.6 is 11.6 Å². The average molecular weight is 565 g/mol. The van der Waals surface area contributed by atoms with Crippen molar-refractivity contribution in [3.63, 3.8) is 0 Å². The Kier molecular flexibility index (Phi) is 7.33. The number of H-pyrrole nitrogens is 1. The van der Waals surface area contributed by atoms with Gasteiger partial charge in [-0.05, 0) is 75.3 Å². The molecule has 1 unspecified atom stereocenters. The molecular formula is C29H33ClN6O4. The highest BCUT2D eigenvalue weighted by Crippen LogP contribution is 2.40. The van der Waals surface area contributed by atoms with Crippen LogP contribution in [0.1, 0.15) is 51.3 Å². The van der Waals surface area contributed by atoms with E-state index in [9.17, 15) is 9.90 Å². The van der Waals surface area contributed by atoms with E-state index in [1.807, 2.05) is 25.1 Å². The number of hydrogen-bond acceptors (Lipinski definition) is 8. The molecule has 4 heterocycles. The Labute approximate surface area is 236 Å². The van der Waals surface area contributed by atoms with Gasteiger partial charge in [0.2, 0.25) is 11.6 Å². The van der Waals surface area contributed by atoms with Crippen molar-refractivity contribution in [3.8, 4) is 22.9 Å². The van der Waals surface area contributed by atoms with E-state index in [1.165, 1.54) is 0 Å². The van der Waals surface area contributed by atoms with Crippen molar-refractivity contribution in [2.75, 3.05) is 13.2 Å². The lowest BCUT2D eigenvalue weighted by Crippen LogP contribution is -2.38. The summed E-state index contributed by atoms with van der Waals surface area (Å²) in [6.07, 6.45) is 7.83. The Bertz CT molecular complexity index is 1580. The number of halogens is 1. The summed E-state index contributed by atoms with van der Waals surface area (Å²) < 4.78 is 12.4. The monoisotopic (exact) mass is 564 g/mol. The zero-order chi connectivity index (χ0) is 27.9. The quantitative estimate of drug-likeness (QED) is 0.296. The number of rotatable bonds is 7. The van der Waals surface area contributed by atoms with Crippen LogP contribution in [0.2, 0.25) is 5.02 Å². The van der Waals surface area contributed by atoms with Gasteiger partial charge in [-0.15, -0.1) is 6.58 Å². The molecule has 1 saturated carbocycles. The topological polar surface area (TPSA) is 132 Å². The molecule has 11 heteroatoms. The van der Waals surface area contributed by atoms with Gasteiger partial charge in [0.05, 0.1) is 0 Å². The summed E-state index contributed by atoms with van der Waals surface area (Å²) in [6, 6.07) is 7.42. The summed E-state index contributed by atoms with van der Waals surface area (Å²) in [7, 11) is 0. The molecule has 40 heavy (non-hydrogen) atoms. The van der Waals surface area contributed by atoms with Gasteiger partial charge in [-0.2, -0.15) is 0 Å². The fourth-order valence-corrected chi connectivity index (χ4v) is 6.37. The summed E-state index contributed by atoms with van der Waals surface area (Å²) in [5.41, 5.74) is 1.25. The molecule has 2 N–H and O–H groups in total. The zero-order valence-corrected chi connectivity index (χ0v) is 23.2. The molecule has 1 aromatic carbocycles. The first-order valence-electron chi connectivity index (χ1n) is 13.9. The van der Waals surface area contributed by atoms with Gasteiger partial charge in [-0.25, -0.2) is 19.7 Å². The molecule has 210 valence electrons. The number of fused-ring (bicyclic) bond motifs is 1. The minimum atomic E-state index is -1.23. The highest BCUT2D eigenvalue weighted by molar-refractivity contribution is 6.30. The number of aliphatic hydroxyl groups is 1. The second kappa shape index (κ2) is 10.9. The smallest absolute Gasteiger partial charge is 0.382 e. The first kappa shape index (κ1) is 26.9. The van der Waals surface area contributed by atoms with Crippen LogP contribution < -0.4 is 5.76 Å². The SMILES string of the molecule is C=CC1CCC(Cn2c(C(C)(O)C3CCOCC3)nc3nc(-c4noc(=O)[nH]4)nc(-c4cccc(Cl)c4)c32)CC1. The number of nitrogens with one attached hydrogen (secondary N) is 1. The van der Waals surface area contributed by atoms with E-state index in [0.29, 0.717) is 59.3 Å². The van der Waals surface area contributed by atoms with Gasteiger partial charge >= 0.3 is 5.76 Å². The lowest BCUT2D eigenvalue weighted by Gasteiger charge is -2.36. The first-order valence-corrected chi connectivity index (χ1v) is 14.2. The lowest BCUT2D eigenvalue weighted by atomic mass is 9.81. The number of nitrogens with zero attached hydrogens (tertiary/aromatic N) is 5. The Hall–Kier alpha value is -3.34. The van der Waals surface area contributed by atoms with Crippen LogP contribution in [0.3, 0.4) is 0 Å². The van der Waals surface area contributed by atoms with Crippen LogP contribution in [0.25, 0.3) is 34.1 Å². The van der Waals surface area contributed by atoms with Crippen molar-refractivity contribution in [2.45, 2.75) is 57.6 Å². The first-order chi connectivity index (χ1) is 19.3. The van der Waals surface area contributed by atoms with Gasteiger partial charge in [0.1, 0.15) is 22.6 Å². The molecule has 1 aliphatic carbocycles. The molecule has 2 aliphatic rings. The summed E-state index contributed by atoms with van der Waals surface area (Å²) in [5, 5.41) is 16.5. The van der Waals surface area contributed by atoms with E-state index in [2.05, 4.69) is 27.4 Å². The third-order valence-electron chi connectivity index (χ3n) is 8.49. The Morgan fingerprint density at radius 1 is 1.18 bits per heavy atom.